The molecule has 18 heavy (non-hydrogen) atoms. The van der Waals surface area contributed by atoms with Gasteiger partial charge in [0.15, 0.2) is 0 Å². The topological polar surface area (TPSA) is 30.5 Å². The predicted octanol–water partition coefficient (Wildman–Crippen LogP) is 2.76. The van der Waals surface area contributed by atoms with E-state index in [1.165, 1.54) is 0 Å². The minimum absolute atomic E-state index is 0.0713. The van der Waals surface area contributed by atoms with Gasteiger partial charge in [0.25, 0.3) is 0 Å². The van der Waals surface area contributed by atoms with Crippen molar-refractivity contribution in [3.05, 3.63) is 28.8 Å². The molecule has 0 aromatic heterocycles. The van der Waals surface area contributed by atoms with Crippen LogP contribution in [0.3, 0.4) is 0 Å². The number of rotatable bonds is 0. The standard InChI is InChI=1S/C14H18ClNO2/c1-10-14(4-6-16-7-5-14)17-9-11-8-12(15)2-3-13(11)18-10/h2-3,8,10,16H,4-7,9H2,1H3. The van der Waals surface area contributed by atoms with Crippen LogP contribution < -0.4 is 10.1 Å². The van der Waals surface area contributed by atoms with Crippen LogP contribution in [-0.4, -0.2) is 24.8 Å². The molecule has 98 valence electrons. The summed E-state index contributed by atoms with van der Waals surface area (Å²) >= 11 is 6.02. The minimum Gasteiger partial charge on any atom is -0.487 e. The van der Waals surface area contributed by atoms with Crippen molar-refractivity contribution in [2.24, 2.45) is 0 Å². The maximum Gasteiger partial charge on any atom is 0.125 e. The smallest absolute Gasteiger partial charge is 0.125 e. The van der Waals surface area contributed by atoms with Crippen LogP contribution in [0.1, 0.15) is 25.3 Å². The predicted molar refractivity (Wildman–Crippen MR) is 71.2 cm³/mol. The van der Waals surface area contributed by atoms with E-state index in [0.717, 1.165) is 42.3 Å². The van der Waals surface area contributed by atoms with Crippen LogP contribution in [0.15, 0.2) is 18.2 Å². The average Bonchev–Trinajstić information content (AvgIpc) is 2.51. The van der Waals surface area contributed by atoms with E-state index < -0.39 is 0 Å². The van der Waals surface area contributed by atoms with Gasteiger partial charge in [0.2, 0.25) is 0 Å². The highest BCUT2D eigenvalue weighted by molar-refractivity contribution is 6.30. The molecule has 1 fully saturated rings. The Morgan fingerprint density at radius 1 is 1.33 bits per heavy atom. The van der Waals surface area contributed by atoms with Crippen LogP contribution in [0.25, 0.3) is 0 Å². The van der Waals surface area contributed by atoms with Gasteiger partial charge in [-0.25, -0.2) is 0 Å². The average molecular weight is 268 g/mol. The summed E-state index contributed by atoms with van der Waals surface area (Å²) in [5.41, 5.74) is 0.890. The van der Waals surface area contributed by atoms with E-state index in [1.807, 2.05) is 18.2 Å². The number of piperidine rings is 1. The first kappa shape index (κ1) is 12.3. The summed E-state index contributed by atoms with van der Waals surface area (Å²) in [4.78, 5) is 0. The highest BCUT2D eigenvalue weighted by Gasteiger charge is 2.42. The van der Waals surface area contributed by atoms with Gasteiger partial charge < -0.3 is 14.8 Å². The summed E-state index contributed by atoms with van der Waals surface area (Å²) in [7, 11) is 0. The summed E-state index contributed by atoms with van der Waals surface area (Å²) in [5.74, 6) is 0.905. The van der Waals surface area contributed by atoms with Crippen molar-refractivity contribution in [1.82, 2.24) is 5.32 Å². The first-order valence-electron chi connectivity index (χ1n) is 6.49. The molecule has 0 amide bonds. The summed E-state index contributed by atoms with van der Waals surface area (Å²) in [5, 5.41) is 4.10. The molecule has 2 aliphatic heterocycles. The molecular formula is C14H18ClNO2. The van der Waals surface area contributed by atoms with Crippen molar-refractivity contribution in [1.29, 1.82) is 0 Å². The molecule has 1 unspecified atom stereocenters. The Morgan fingerprint density at radius 2 is 2.11 bits per heavy atom. The third-order valence-corrected chi connectivity index (χ3v) is 4.27. The SMILES string of the molecule is CC1Oc2ccc(Cl)cc2COC12CCNCC2. The van der Waals surface area contributed by atoms with Gasteiger partial charge in [-0.05, 0) is 51.1 Å². The number of fused-ring (bicyclic) bond motifs is 1. The summed E-state index contributed by atoms with van der Waals surface area (Å²) in [6, 6.07) is 5.74. The van der Waals surface area contributed by atoms with Crippen molar-refractivity contribution in [3.8, 4) is 5.75 Å². The van der Waals surface area contributed by atoms with Crippen molar-refractivity contribution >= 4 is 11.6 Å². The van der Waals surface area contributed by atoms with Crippen molar-refractivity contribution in [3.63, 3.8) is 0 Å². The molecule has 0 bridgehead atoms. The monoisotopic (exact) mass is 267 g/mol. The van der Waals surface area contributed by atoms with E-state index >= 15 is 0 Å². The van der Waals surface area contributed by atoms with Crippen LogP contribution in [-0.2, 0) is 11.3 Å². The quantitative estimate of drug-likeness (QED) is 0.784. The first-order chi connectivity index (χ1) is 8.70. The third-order valence-electron chi connectivity index (χ3n) is 4.03. The fourth-order valence-electron chi connectivity index (χ4n) is 2.81. The zero-order valence-corrected chi connectivity index (χ0v) is 11.3. The van der Waals surface area contributed by atoms with Crippen molar-refractivity contribution in [2.45, 2.75) is 38.1 Å². The Morgan fingerprint density at radius 3 is 2.89 bits per heavy atom. The Kier molecular flexibility index (Phi) is 3.22. The number of ether oxygens (including phenoxy) is 2. The van der Waals surface area contributed by atoms with Gasteiger partial charge in [-0.3, -0.25) is 0 Å². The molecule has 1 aromatic rings. The molecule has 2 aliphatic rings. The maximum absolute atomic E-state index is 6.20. The zero-order valence-electron chi connectivity index (χ0n) is 10.5. The Bertz CT molecular complexity index is 443. The minimum atomic E-state index is -0.156. The Hall–Kier alpha value is -0.770. The lowest BCUT2D eigenvalue weighted by atomic mass is 9.87. The lowest BCUT2D eigenvalue weighted by molar-refractivity contribution is -0.122. The molecule has 3 nitrogen and oxygen atoms in total. The van der Waals surface area contributed by atoms with E-state index in [9.17, 15) is 0 Å². The number of benzene rings is 1. The molecule has 1 aromatic carbocycles. The van der Waals surface area contributed by atoms with E-state index in [4.69, 9.17) is 21.1 Å². The summed E-state index contributed by atoms with van der Waals surface area (Å²) < 4.78 is 12.3. The van der Waals surface area contributed by atoms with Gasteiger partial charge in [-0.1, -0.05) is 11.6 Å². The Balaban J connectivity index is 1.89. The molecule has 4 heteroatoms. The van der Waals surface area contributed by atoms with Crippen LogP contribution in [0.5, 0.6) is 5.75 Å². The number of nitrogens with one attached hydrogen (secondary N) is 1. The highest BCUT2D eigenvalue weighted by atomic mass is 35.5. The van der Waals surface area contributed by atoms with Gasteiger partial charge in [0.1, 0.15) is 17.5 Å². The van der Waals surface area contributed by atoms with E-state index in [2.05, 4.69) is 12.2 Å². The second-order valence-electron chi connectivity index (χ2n) is 5.12. The van der Waals surface area contributed by atoms with Gasteiger partial charge in [0, 0.05) is 10.6 Å². The number of hydrogen-bond acceptors (Lipinski definition) is 3. The third kappa shape index (κ3) is 2.11. The molecule has 0 aliphatic carbocycles. The molecular weight excluding hydrogens is 250 g/mol. The first-order valence-corrected chi connectivity index (χ1v) is 6.87. The molecule has 2 heterocycles. The van der Waals surface area contributed by atoms with Crippen LogP contribution in [0.2, 0.25) is 5.02 Å². The van der Waals surface area contributed by atoms with E-state index in [-0.39, 0.29) is 11.7 Å². The van der Waals surface area contributed by atoms with Crippen LogP contribution >= 0.6 is 11.6 Å². The zero-order chi connectivity index (χ0) is 12.6. The molecule has 1 spiro atoms. The normalized spacial score (nSPS) is 26.2. The van der Waals surface area contributed by atoms with Gasteiger partial charge >= 0.3 is 0 Å². The summed E-state index contributed by atoms with van der Waals surface area (Å²) in [6.07, 6.45) is 2.06. The Labute approximate surface area is 112 Å². The lowest BCUT2D eigenvalue weighted by Crippen LogP contribution is -2.52. The fourth-order valence-corrected chi connectivity index (χ4v) is 3.01. The lowest BCUT2D eigenvalue weighted by Gasteiger charge is -2.40. The van der Waals surface area contributed by atoms with Gasteiger partial charge in [-0.15, -0.1) is 0 Å². The second kappa shape index (κ2) is 4.72. The van der Waals surface area contributed by atoms with Gasteiger partial charge in [0.05, 0.1) is 6.61 Å². The van der Waals surface area contributed by atoms with E-state index in [0.29, 0.717) is 6.61 Å². The van der Waals surface area contributed by atoms with Crippen LogP contribution in [0, 0.1) is 0 Å². The number of halogens is 1. The van der Waals surface area contributed by atoms with E-state index in [1.54, 1.807) is 0 Å². The summed E-state index contributed by atoms with van der Waals surface area (Å²) in [6.45, 7) is 4.67. The molecule has 0 saturated carbocycles. The maximum atomic E-state index is 6.20. The van der Waals surface area contributed by atoms with Crippen molar-refractivity contribution in [2.75, 3.05) is 13.1 Å². The van der Waals surface area contributed by atoms with Crippen LogP contribution in [0.4, 0.5) is 0 Å². The van der Waals surface area contributed by atoms with Gasteiger partial charge in [-0.2, -0.15) is 0 Å². The molecule has 1 saturated heterocycles. The molecule has 1 atom stereocenters. The molecule has 1 N–H and O–H groups in total. The van der Waals surface area contributed by atoms with Crippen molar-refractivity contribution < 1.29 is 9.47 Å². The highest BCUT2D eigenvalue weighted by Crippen LogP contribution is 2.37. The molecule has 0 radical (unpaired) electrons. The fraction of sp³-hybridized carbons (Fsp3) is 0.571. The second-order valence-corrected chi connectivity index (χ2v) is 5.55. The largest absolute Gasteiger partial charge is 0.487 e. The number of hydrogen-bond donors (Lipinski definition) is 1. The molecule has 3 rings (SSSR count).